The monoisotopic (exact) mass is 268 g/mol. The molecule has 0 amide bonds. The van der Waals surface area contributed by atoms with Crippen molar-refractivity contribution in [2.45, 2.75) is 13.3 Å². The number of carbonyl (C=O) groups is 1. The van der Waals surface area contributed by atoms with E-state index in [0.29, 0.717) is 30.3 Å². The van der Waals surface area contributed by atoms with Gasteiger partial charge in [-0.25, -0.2) is 4.79 Å². The van der Waals surface area contributed by atoms with Crippen molar-refractivity contribution >= 4 is 21.9 Å². The molecule has 0 N–H and O–H groups in total. The van der Waals surface area contributed by atoms with E-state index in [4.69, 9.17) is 4.74 Å². The zero-order chi connectivity index (χ0) is 10.6. The molecule has 0 aromatic rings. The third kappa shape index (κ3) is 1.13. The van der Waals surface area contributed by atoms with Crippen LogP contribution in [0.2, 0.25) is 0 Å². The number of carbonyl (C=O) groups excluding carboxylic acids is 1. The quantitative estimate of drug-likeness (QED) is 0.569. The van der Waals surface area contributed by atoms with Gasteiger partial charge in [0.15, 0.2) is 0 Å². The van der Waals surface area contributed by atoms with Crippen LogP contribution < -0.4 is 0 Å². The van der Waals surface area contributed by atoms with Crippen molar-refractivity contribution in [2.75, 3.05) is 6.61 Å². The van der Waals surface area contributed by atoms with E-state index >= 15 is 0 Å². The molecule has 0 saturated heterocycles. The van der Waals surface area contributed by atoms with E-state index in [0.717, 1.165) is 10.1 Å². The number of rotatable bonds is 2. The zero-order valence-electron chi connectivity index (χ0n) is 8.57. The lowest BCUT2D eigenvalue weighted by atomic mass is 9.69. The van der Waals surface area contributed by atoms with Crippen LogP contribution in [-0.2, 0) is 9.53 Å². The van der Waals surface area contributed by atoms with Gasteiger partial charge in [0.2, 0.25) is 0 Å². The van der Waals surface area contributed by atoms with Crippen LogP contribution >= 0.6 is 15.9 Å². The second-order valence-electron chi connectivity index (χ2n) is 4.48. The second kappa shape index (κ2) is 3.21. The lowest BCUT2D eigenvalue weighted by Crippen LogP contribution is -2.36. The lowest BCUT2D eigenvalue weighted by molar-refractivity contribution is -0.140. The molecule has 0 unspecified atom stereocenters. The minimum atomic E-state index is -0.119. The van der Waals surface area contributed by atoms with E-state index in [2.05, 4.69) is 28.1 Å². The maximum Gasteiger partial charge on any atom is 0.335 e. The number of allylic oxidation sites excluding steroid dienone is 3. The minimum absolute atomic E-state index is 0.119. The van der Waals surface area contributed by atoms with Gasteiger partial charge in [-0.2, -0.15) is 0 Å². The molecule has 3 aliphatic rings. The highest BCUT2D eigenvalue weighted by atomic mass is 79.9. The minimum Gasteiger partial charge on any atom is -0.463 e. The van der Waals surface area contributed by atoms with Gasteiger partial charge in [-0.15, -0.1) is 0 Å². The van der Waals surface area contributed by atoms with Crippen LogP contribution in [0.4, 0.5) is 0 Å². The molecule has 4 atom stereocenters. The molecular formula is C12H13BrO2. The third-order valence-corrected chi connectivity index (χ3v) is 4.79. The van der Waals surface area contributed by atoms with Crippen molar-refractivity contribution in [1.29, 1.82) is 0 Å². The molecule has 3 heteroatoms. The summed E-state index contributed by atoms with van der Waals surface area (Å²) < 4.78 is 6.18. The summed E-state index contributed by atoms with van der Waals surface area (Å²) in [5, 5.41) is 0. The summed E-state index contributed by atoms with van der Waals surface area (Å²) in [6.07, 6.45) is 5.78. The second-order valence-corrected chi connectivity index (χ2v) is 5.34. The van der Waals surface area contributed by atoms with Gasteiger partial charge in [-0.3, -0.25) is 0 Å². The molecule has 1 saturated carbocycles. The Kier molecular flexibility index (Phi) is 2.06. The Labute approximate surface area is 97.5 Å². The molecule has 0 aromatic carbocycles. The summed E-state index contributed by atoms with van der Waals surface area (Å²) in [5.41, 5.74) is 0.902. The Morgan fingerprint density at radius 1 is 1.47 bits per heavy atom. The SMILES string of the molecule is CCOC(=O)C1=C(Br)[C@H]2[C@@H]1[C@@H]1C=C[C@H]2C1. The Balaban J connectivity index is 1.87. The average molecular weight is 269 g/mol. The van der Waals surface area contributed by atoms with Gasteiger partial charge >= 0.3 is 5.97 Å². The Morgan fingerprint density at radius 2 is 2.13 bits per heavy atom. The van der Waals surface area contributed by atoms with Crippen LogP contribution in [0.15, 0.2) is 22.2 Å². The van der Waals surface area contributed by atoms with Gasteiger partial charge in [0.25, 0.3) is 0 Å². The number of hydrogen-bond donors (Lipinski definition) is 0. The molecule has 0 aliphatic heterocycles. The van der Waals surface area contributed by atoms with Gasteiger partial charge in [0.05, 0.1) is 12.2 Å². The van der Waals surface area contributed by atoms with E-state index in [1.54, 1.807) is 0 Å². The number of esters is 1. The van der Waals surface area contributed by atoms with Crippen LogP contribution in [0.5, 0.6) is 0 Å². The summed E-state index contributed by atoms with van der Waals surface area (Å²) >= 11 is 3.55. The average Bonchev–Trinajstić information content (AvgIpc) is 2.74. The van der Waals surface area contributed by atoms with Gasteiger partial charge in [0, 0.05) is 16.3 Å². The standard InChI is InChI=1S/C12H13BrO2/c1-2-15-12(14)10-8-6-3-4-7(5-6)9(8)11(10)13/h3-4,6-9H,2,5H2,1H3/t6-,7+,8+,9-/m1/s1. The first-order valence-corrected chi connectivity index (χ1v) is 6.28. The maximum absolute atomic E-state index is 11.7. The zero-order valence-corrected chi connectivity index (χ0v) is 10.2. The molecule has 2 nitrogen and oxygen atoms in total. The van der Waals surface area contributed by atoms with E-state index in [-0.39, 0.29) is 5.97 Å². The molecule has 3 rings (SSSR count). The summed E-state index contributed by atoms with van der Waals surface area (Å²) in [6, 6.07) is 0. The van der Waals surface area contributed by atoms with E-state index in [1.165, 1.54) is 6.42 Å². The smallest absolute Gasteiger partial charge is 0.335 e. The highest BCUT2D eigenvalue weighted by Gasteiger charge is 2.56. The van der Waals surface area contributed by atoms with Crippen LogP contribution in [0.25, 0.3) is 0 Å². The van der Waals surface area contributed by atoms with E-state index < -0.39 is 0 Å². The fraction of sp³-hybridized carbons (Fsp3) is 0.583. The van der Waals surface area contributed by atoms with Crippen molar-refractivity contribution < 1.29 is 9.53 Å². The summed E-state index contributed by atoms with van der Waals surface area (Å²) in [6.45, 7) is 2.31. The molecule has 0 aromatic heterocycles. The van der Waals surface area contributed by atoms with Gasteiger partial charge < -0.3 is 4.74 Å². The summed E-state index contributed by atoms with van der Waals surface area (Å²) in [4.78, 5) is 11.7. The summed E-state index contributed by atoms with van der Waals surface area (Å²) in [5.74, 6) is 2.13. The predicted molar refractivity (Wildman–Crippen MR) is 60.3 cm³/mol. The molecule has 1 fully saturated rings. The Morgan fingerprint density at radius 3 is 2.80 bits per heavy atom. The first-order chi connectivity index (χ1) is 7.24. The molecule has 2 bridgehead atoms. The fourth-order valence-corrected chi connectivity index (χ4v) is 4.30. The summed E-state index contributed by atoms with van der Waals surface area (Å²) in [7, 11) is 0. The van der Waals surface area contributed by atoms with Gasteiger partial charge in [-0.1, -0.05) is 28.1 Å². The molecule has 80 valence electrons. The van der Waals surface area contributed by atoms with E-state index in [9.17, 15) is 4.79 Å². The van der Waals surface area contributed by atoms with Crippen molar-refractivity contribution in [3.8, 4) is 0 Å². The van der Waals surface area contributed by atoms with Crippen LogP contribution in [0.1, 0.15) is 13.3 Å². The van der Waals surface area contributed by atoms with Crippen LogP contribution in [-0.4, -0.2) is 12.6 Å². The molecule has 15 heavy (non-hydrogen) atoms. The van der Waals surface area contributed by atoms with Crippen molar-refractivity contribution in [2.24, 2.45) is 23.7 Å². The van der Waals surface area contributed by atoms with Gasteiger partial charge in [-0.05, 0) is 25.2 Å². The molecule has 0 spiro atoms. The Hall–Kier alpha value is -0.570. The topological polar surface area (TPSA) is 26.3 Å². The van der Waals surface area contributed by atoms with Crippen LogP contribution in [0.3, 0.4) is 0 Å². The predicted octanol–water partition coefficient (Wildman–Crippen LogP) is 2.65. The van der Waals surface area contributed by atoms with Crippen molar-refractivity contribution in [3.63, 3.8) is 0 Å². The number of halogens is 1. The largest absolute Gasteiger partial charge is 0.463 e. The molecule has 0 radical (unpaired) electrons. The van der Waals surface area contributed by atoms with E-state index in [1.807, 2.05) is 6.92 Å². The third-order valence-electron chi connectivity index (χ3n) is 3.84. The van der Waals surface area contributed by atoms with Crippen LogP contribution in [0, 0.1) is 23.7 Å². The fourth-order valence-electron chi connectivity index (χ4n) is 3.25. The highest BCUT2D eigenvalue weighted by molar-refractivity contribution is 9.11. The Bertz CT molecular complexity index is 383. The number of hydrogen-bond acceptors (Lipinski definition) is 2. The molecular weight excluding hydrogens is 256 g/mol. The first-order valence-electron chi connectivity index (χ1n) is 5.49. The highest BCUT2D eigenvalue weighted by Crippen LogP contribution is 2.62. The maximum atomic E-state index is 11.7. The van der Waals surface area contributed by atoms with Crippen molar-refractivity contribution in [3.05, 3.63) is 22.2 Å². The normalized spacial score (nSPS) is 40.4. The number of fused-ring (bicyclic) bond motifs is 5. The number of ether oxygens (including phenoxy) is 1. The molecule has 0 heterocycles. The first kappa shape index (κ1) is 9.64. The molecule has 3 aliphatic carbocycles. The lowest BCUT2D eigenvalue weighted by Gasteiger charge is -2.39. The van der Waals surface area contributed by atoms with Crippen molar-refractivity contribution in [1.82, 2.24) is 0 Å². The van der Waals surface area contributed by atoms with Gasteiger partial charge in [0.1, 0.15) is 0 Å².